The van der Waals surface area contributed by atoms with Crippen LogP contribution in [0, 0.1) is 11.8 Å². The Hall–Kier alpha value is -2.26. The Bertz CT molecular complexity index is 884. The van der Waals surface area contributed by atoms with Gasteiger partial charge in [0, 0.05) is 23.6 Å². The number of halogens is 1. The zero-order valence-electron chi connectivity index (χ0n) is 15.6. The molecule has 1 aliphatic carbocycles. The maximum Gasteiger partial charge on any atom is 0.267 e. The summed E-state index contributed by atoms with van der Waals surface area (Å²) in [5.74, 6) is 2.49. The normalized spacial score (nSPS) is 22.4. The van der Waals surface area contributed by atoms with E-state index in [1.807, 2.05) is 30.3 Å². The molecule has 2 aromatic carbocycles. The van der Waals surface area contributed by atoms with Gasteiger partial charge in [0.2, 0.25) is 0 Å². The van der Waals surface area contributed by atoms with Gasteiger partial charge in [-0.3, -0.25) is 4.79 Å². The highest BCUT2D eigenvalue weighted by Gasteiger charge is 2.35. The first-order valence-electron chi connectivity index (χ1n) is 9.41. The molecule has 4 heteroatoms. The Kier molecular flexibility index (Phi) is 4.96. The van der Waals surface area contributed by atoms with Gasteiger partial charge in [-0.2, -0.15) is 0 Å². The van der Waals surface area contributed by atoms with Crippen LogP contribution in [0.3, 0.4) is 0 Å². The summed E-state index contributed by atoms with van der Waals surface area (Å²) in [6.45, 7) is 4.24. The molecule has 0 saturated heterocycles. The molecule has 1 fully saturated rings. The van der Waals surface area contributed by atoms with Crippen LogP contribution in [0.5, 0.6) is 11.5 Å². The molecule has 0 aromatic heterocycles. The first kappa shape index (κ1) is 18.1. The third kappa shape index (κ3) is 4.03. The molecule has 140 valence electrons. The average molecular weight is 383 g/mol. The number of hydrogen-bond acceptors (Lipinski definition) is 3. The van der Waals surface area contributed by atoms with Crippen LogP contribution in [0.25, 0.3) is 0 Å². The van der Waals surface area contributed by atoms with Crippen molar-refractivity contribution in [2.75, 3.05) is 0 Å². The lowest BCUT2D eigenvalue weighted by Gasteiger charge is -2.09. The van der Waals surface area contributed by atoms with Gasteiger partial charge in [0.05, 0.1) is 5.02 Å². The minimum absolute atomic E-state index is 0.0670. The summed E-state index contributed by atoms with van der Waals surface area (Å²) >= 11 is 6.36. The van der Waals surface area contributed by atoms with E-state index in [0.717, 1.165) is 12.0 Å². The summed E-state index contributed by atoms with van der Waals surface area (Å²) in [7, 11) is 0. The summed E-state index contributed by atoms with van der Waals surface area (Å²) in [4.78, 5) is 12.7. The molecule has 0 bridgehead atoms. The molecule has 3 nitrogen and oxygen atoms in total. The van der Waals surface area contributed by atoms with Gasteiger partial charge in [0.15, 0.2) is 17.3 Å². The van der Waals surface area contributed by atoms with Gasteiger partial charge < -0.3 is 9.47 Å². The average Bonchev–Trinajstić information content (AvgIpc) is 3.24. The van der Waals surface area contributed by atoms with Crippen molar-refractivity contribution >= 4 is 17.4 Å². The van der Waals surface area contributed by atoms with Gasteiger partial charge in [-0.15, -0.1) is 0 Å². The van der Waals surface area contributed by atoms with E-state index in [4.69, 9.17) is 21.1 Å². The number of fused-ring (bicyclic) bond motifs is 1. The van der Waals surface area contributed by atoms with Gasteiger partial charge in [0.1, 0.15) is 0 Å². The zero-order valence-corrected chi connectivity index (χ0v) is 16.3. The fraction of sp³-hybridized carbons (Fsp3) is 0.348. The first-order valence-corrected chi connectivity index (χ1v) is 9.79. The third-order valence-electron chi connectivity index (χ3n) is 5.14. The highest BCUT2D eigenvalue weighted by Crippen LogP contribution is 2.45. The summed E-state index contributed by atoms with van der Waals surface area (Å²) in [5.41, 5.74) is 2.80. The maximum absolute atomic E-state index is 12.7. The lowest BCUT2D eigenvalue weighted by atomic mass is 10.0. The fourth-order valence-electron chi connectivity index (χ4n) is 3.62. The minimum Gasteiger partial charge on any atom is -0.447 e. The number of ether oxygens (including phenoxy) is 2. The number of ketones is 1. The van der Waals surface area contributed by atoms with Crippen molar-refractivity contribution < 1.29 is 14.3 Å². The fourth-order valence-corrected chi connectivity index (χ4v) is 3.88. The van der Waals surface area contributed by atoms with Crippen LogP contribution in [-0.4, -0.2) is 5.78 Å². The molecule has 1 heterocycles. The van der Waals surface area contributed by atoms with Crippen molar-refractivity contribution in [3.05, 3.63) is 70.3 Å². The summed E-state index contributed by atoms with van der Waals surface area (Å²) in [6.07, 6.45) is 4.42. The number of carbonyl (C=O) groups excluding carboxylic acids is 1. The summed E-state index contributed by atoms with van der Waals surface area (Å²) in [5, 5.41) is 0.424. The SMILES string of the molecule is CC(C)=CC1CC1CCC(=O)c1cc2c(cc1Cl)OC(c1ccccc1)O2. The molecular weight excluding hydrogens is 360 g/mol. The molecule has 2 aliphatic rings. The molecule has 4 rings (SSSR count). The van der Waals surface area contributed by atoms with Crippen LogP contribution in [0.4, 0.5) is 0 Å². The van der Waals surface area contributed by atoms with Gasteiger partial charge >= 0.3 is 0 Å². The lowest BCUT2D eigenvalue weighted by Crippen LogP contribution is -2.07. The van der Waals surface area contributed by atoms with Crippen LogP contribution in [0.15, 0.2) is 54.1 Å². The lowest BCUT2D eigenvalue weighted by molar-refractivity contribution is 0.0487. The third-order valence-corrected chi connectivity index (χ3v) is 5.45. The standard InChI is InChI=1S/C23H23ClO3/c1-14(2)10-17-11-16(17)8-9-20(25)18-12-21-22(13-19(18)24)27-23(26-21)15-6-4-3-5-7-15/h3-7,10,12-13,16-17,23H,8-9,11H2,1-2H3. The largest absolute Gasteiger partial charge is 0.447 e. The molecule has 3 unspecified atom stereocenters. The Morgan fingerprint density at radius 1 is 1.15 bits per heavy atom. The quantitative estimate of drug-likeness (QED) is 0.429. The van der Waals surface area contributed by atoms with E-state index in [1.54, 1.807) is 12.1 Å². The van der Waals surface area contributed by atoms with E-state index in [0.29, 0.717) is 40.3 Å². The van der Waals surface area contributed by atoms with Crippen molar-refractivity contribution in [2.45, 2.75) is 39.4 Å². The Morgan fingerprint density at radius 2 is 1.85 bits per heavy atom. The van der Waals surface area contributed by atoms with E-state index >= 15 is 0 Å². The second kappa shape index (κ2) is 7.40. The maximum atomic E-state index is 12.7. The second-order valence-corrected chi connectivity index (χ2v) is 8.03. The van der Waals surface area contributed by atoms with Crippen molar-refractivity contribution in [2.24, 2.45) is 11.8 Å². The Morgan fingerprint density at radius 3 is 2.56 bits per heavy atom. The molecule has 0 N–H and O–H groups in total. The number of hydrogen-bond donors (Lipinski definition) is 0. The molecule has 2 aromatic rings. The number of Topliss-reactive ketones (excluding diaryl/α,β-unsaturated/α-hetero) is 1. The first-order chi connectivity index (χ1) is 13.0. The molecule has 0 amide bonds. The number of rotatable bonds is 6. The summed E-state index contributed by atoms with van der Waals surface area (Å²) < 4.78 is 11.7. The van der Waals surface area contributed by atoms with Gasteiger partial charge in [-0.05, 0) is 44.6 Å². The van der Waals surface area contributed by atoms with E-state index in [1.165, 1.54) is 12.0 Å². The zero-order chi connectivity index (χ0) is 19.0. The smallest absolute Gasteiger partial charge is 0.267 e. The summed E-state index contributed by atoms with van der Waals surface area (Å²) in [6, 6.07) is 13.1. The van der Waals surface area contributed by atoms with E-state index < -0.39 is 6.29 Å². The van der Waals surface area contributed by atoms with Crippen LogP contribution in [0.1, 0.15) is 55.3 Å². The van der Waals surface area contributed by atoms with Gasteiger partial charge in [-0.25, -0.2) is 0 Å². The molecular formula is C23H23ClO3. The molecule has 3 atom stereocenters. The van der Waals surface area contributed by atoms with Crippen LogP contribution in [0.2, 0.25) is 5.02 Å². The van der Waals surface area contributed by atoms with Crippen molar-refractivity contribution in [1.82, 2.24) is 0 Å². The highest BCUT2D eigenvalue weighted by molar-refractivity contribution is 6.34. The number of allylic oxidation sites excluding steroid dienone is 2. The number of carbonyl (C=O) groups is 1. The Labute approximate surface area is 164 Å². The minimum atomic E-state index is -0.501. The topological polar surface area (TPSA) is 35.5 Å². The monoisotopic (exact) mass is 382 g/mol. The Balaban J connectivity index is 1.42. The van der Waals surface area contributed by atoms with E-state index in [-0.39, 0.29) is 5.78 Å². The van der Waals surface area contributed by atoms with Crippen molar-refractivity contribution in [3.63, 3.8) is 0 Å². The van der Waals surface area contributed by atoms with E-state index in [9.17, 15) is 4.79 Å². The molecule has 27 heavy (non-hydrogen) atoms. The number of benzene rings is 2. The predicted octanol–water partition coefficient (Wildman–Crippen LogP) is 6.38. The second-order valence-electron chi connectivity index (χ2n) is 7.62. The van der Waals surface area contributed by atoms with Crippen LogP contribution < -0.4 is 9.47 Å². The van der Waals surface area contributed by atoms with Crippen molar-refractivity contribution in [3.8, 4) is 11.5 Å². The van der Waals surface area contributed by atoms with Gasteiger partial charge in [-0.1, -0.05) is 53.6 Å². The molecule has 0 spiro atoms. The molecule has 0 radical (unpaired) electrons. The van der Waals surface area contributed by atoms with Gasteiger partial charge in [0.25, 0.3) is 6.29 Å². The van der Waals surface area contributed by atoms with Crippen LogP contribution in [-0.2, 0) is 0 Å². The van der Waals surface area contributed by atoms with E-state index in [2.05, 4.69) is 19.9 Å². The van der Waals surface area contributed by atoms with Crippen molar-refractivity contribution in [1.29, 1.82) is 0 Å². The van der Waals surface area contributed by atoms with Crippen LogP contribution >= 0.6 is 11.6 Å². The predicted molar refractivity (Wildman–Crippen MR) is 106 cm³/mol. The molecule has 1 aliphatic heterocycles. The highest BCUT2D eigenvalue weighted by atomic mass is 35.5. The molecule has 1 saturated carbocycles.